The first-order valence-corrected chi connectivity index (χ1v) is 5.67. The summed E-state index contributed by atoms with van der Waals surface area (Å²) in [6.07, 6.45) is 1.67. The van der Waals surface area contributed by atoms with Gasteiger partial charge in [0.05, 0.1) is 0 Å². The number of rotatable bonds is 2. The maximum absolute atomic E-state index is 5.88. The van der Waals surface area contributed by atoms with Crippen LogP contribution in [0.3, 0.4) is 0 Å². The molecule has 2 rings (SSSR count). The van der Waals surface area contributed by atoms with Gasteiger partial charge in [0.25, 0.3) is 0 Å². The Kier molecular flexibility index (Phi) is 3.23. The van der Waals surface area contributed by atoms with E-state index in [-0.39, 0.29) is 0 Å². The van der Waals surface area contributed by atoms with E-state index in [2.05, 4.69) is 10.2 Å². The van der Waals surface area contributed by atoms with Crippen molar-refractivity contribution in [3.05, 3.63) is 47.1 Å². The van der Waals surface area contributed by atoms with Crippen LogP contribution in [0.5, 0.6) is 0 Å². The number of hydrogen-bond acceptors (Lipinski definition) is 3. The Morgan fingerprint density at radius 3 is 2.80 bits per heavy atom. The van der Waals surface area contributed by atoms with Crippen molar-refractivity contribution in [2.45, 2.75) is 16.8 Å². The van der Waals surface area contributed by atoms with Gasteiger partial charge in [0.2, 0.25) is 0 Å². The molecule has 15 heavy (non-hydrogen) atoms. The predicted octanol–water partition coefficient (Wildman–Crippen LogP) is 3.59. The highest BCUT2D eigenvalue weighted by Gasteiger charge is 2.02. The Hall–Kier alpha value is -1.06. The first kappa shape index (κ1) is 10.5. The van der Waals surface area contributed by atoms with Crippen molar-refractivity contribution in [2.24, 2.45) is 0 Å². The number of halogens is 1. The molecule has 2 aromatic rings. The zero-order chi connectivity index (χ0) is 10.7. The second kappa shape index (κ2) is 4.64. The lowest BCUT2D eigenvalue weighted by Gasteiger charge is -2.04. The van der Waals surface area contributed by atoms with Gasteiger partial charge in [-0.25, -0.2) is 0 Å². The van der Waals surface area contributed by atoms with Crippen LogP contribution in [0.2, 0.25) is 5.02 Å². The lowest BCUT2D eigenvalue weighted by molar-refractivity contribution is 0.929. The fourth-order valence-corrected chi connectivity index (χ4v) is 2.22. The fourth-order valence-electron chi connectivity index (χ4n) is 1.18. The van der Waals surface area contributed by atoms with Gasteiger partial charge in [0.15, 0.2) is 0 Å². The summed E-state index contributed by atoms with van der Waals surface area (Å²) in [6.45, 7) is 2.03. The van der Waals surface area contributed by atoms with Crippen LogP contribution in [-0.4, -0.2) is 10.2 Å². The Bertz CT molecular complexity index is 459. The summed E-state index contributed by atoms with van der Waals surface area (Å²) in [4.78, 5) is 1.15. The molecule has 0 amide bonds. The third-order valence-corrected chi connectivity index (χ3v) is 3.24. The summed E-state index contributed by atoms with van der Waals surface area (Å²) in [5.41, 5.74) is 1.15. The Morgan fingerprint density at radius 2 is 2.13 bits per heavy atom. The molecule has 0 saturated heterocycles. The summed E-state index contributed by atoms with van der Waals surface area (Å²) >= 11 is 7.47. The van der Waals surface area contributed by atoms with E-state index in [0.29, 0.717) is 0 Å². The van der Waals surface area contributed by atoms with Crippen LogP contribution in [0.25, 0.3) is 0 Å². The lowest BCUT2D eigenvalue weighted by atomic mass is 10.2. The number of benzene rings is 1. The molecule has 76 valence electrons. The highest BCUT2D eigenvalue weighted by Crippen LogP contribution is 2.29. The monoisotopic (exact) mass is 236 g/mol. The smallest absolute Gasteiger partial charge is 0.124 e. The van der Waals surface area contributed by atoms with Crippen LogP contribution in [0, 0.1) is 6.92 Å². The average Bonchev–Trinajstić information content (AvgIpc) is 2.24. The molecular weight excluding hydrogens is 228 g/mol. The van der Waals surface area contributed by atoms with Gasteiger partial charge in [-0.1, -0.05) is 23.4 Å². The summed E-state index contributed by atoms with van der Waals surface area (Å²) in [6, 6.07) is 9.64. The zero-order valence-corrected chi connectivity index (χ0v) is 9.72. The van der Waals surface area contributed by atoms with E-state index in [0.717, 1.165) is 20.5 Å². The first-order chi connectivity index (χ1) is 7.25. The maximum Gasteiger partial charge on any atom is 0.124 e. The molecule has 0 unspecified atom stereocenters. The van der Waals surface area contributed by atoms with E-state index < -0.39 is 0 Å². The molecule has 0 aliphatic heterocycles. The average molecular weight is 237 g/mol. The van der Waals surface area contributed by atoms with Crippen LogP contribution in [0.4, 0.5) is 0 Å². The molecule has 0 atom stereocenters. The van der Waals surface area contributed by atoms with Crippen molar-refractivity contribution < 1.29 is 0 Å². The number of aryl methyl sites for hydroxylation is 1. The van der Waals surface area contributed by atoms with E-state index in [4.69, 9.17) is 11.6 Å². The largest absolute Gasteiger partial charge is 0.158 e. The van der Waals surface area contributed by atoms with Gasteiger partial charge >= 0.3 is 0 Å². The molecule has 0 aliphatic carbocycles. The van der Waals surface area contributed by atoms with Crippen LogP contribution >= 0.6 is 23.4 Å². The van der Waals surface area contributed by atoms with Gasteiger partial charge in [-0.15, -0.1) is 5.10 Å². The van der Waals surface area contributed by atoms with Crippen molar-refractivity contribution in [2.75, 3.05) is 0 Å². The zero-order valence-electron chi connectivity index (χ0n) is 8.14. The van der Waals surface area contributed by atoms with Crippen LogP contribution < -0.4 is 0 Å². The van der Waals surface area contributed by atoms with Crippen molar-refractivity contribution in [1.82, 2.24) is 10.2 Å². The number of aromatic nitrogens is 2. The second-order valence-electron chi connectivity index (χ2n) is 3.07. The van der Waals surface area contributed by atoms with Gasteiger partial charge in [-0.3, -0.25) is 0 Å². The van der Waals surface area contributed by atoms with Crippen molar-refractivity contribution >= 4 is 23.4 Å². The highest BCUT2D eigenvalue weighted by molar-refractivity contribution is 7.99. The van der Waals surface area contributed by atoms with E-state index in [1.165, 1.54) is 0 Å². The number of hydrogen-bond donors (Lipinski definition) is 0. The number of nitrogens with zero attached hydrogens (tertiary/aromatic N) is 2. The highest BCUT2D eigenvalue weighted by atomic mass is 35.5. The van der Waals surface area contributed by atoms with Crippen molar-refractivity contribution in [1.29, 1.82) is 0 Å². The maximum atomic E-state index is 5.88. The fraction of sp³-hybridized carbons (Fsp3) is 0.0909. The Balaban J connectivity index is 2.25. The molecule has 0 saturated carbocycles. The third-order valence-electron chi connectivity index (χ3n) is 1.90. The topological polar surface area (TPSA) is 25.8 Å². The van der Waals surface area contributed by atoms with Crippen molar-refractivity contribution in [3.8, 4) is 0 Å². The quantitative estimate of drug-likeness (QED) is 0.797. The summed E-state index contributed by atoms with van der Waals surface area (Å²) in [5, 5.41) is 9.50. The van der Waals surface area contributed by atoms with Gasteiger partial charge in [0, 0.05) is 16.1 Å². The van der Waals surface area contributed by atoms with Crippen LogP contribution in [-0.2, 0) is 0 Å². The lowest BCUT2D eigenvalue weighted by Crippen LogP contribution is -1.84. The van der Waals surface area contributed by atoms with Gasteiger partial charge in [0.1, 0.15) is 5.03 Å². The normalized spacial score (nSPS) is 10.3. The SMILES string of the molecule is Cc1cc(Cl)ccc1Sc1cccnn1. The molecule has 0 N–H and O–H groups in total. The molecule has 0 spiro atoms. The predicted molar refractivity (Wildman–Crippen MR) is 62.3 cm³/mol. The Labute approximate surface area is 97.7 Å². The molecular formula is C11H9ClN2S. The van der Waals surface area contributed by atoms with E-state index in [1.807, 2.05) is 37.3 Å². The molecule has 0 aliphatic rings. The molecule has 4 heteroatoms. The molecule has 0 fully saturated rings. The second-order valence-corrected chi connectivity index (χ2v) is 4.57. The molecule has 0 bridgehead atoms. The molecule has 1 heterocycles. The Morgan fingerprint density at radius 1 is 1.27 bits per heavy atom. The summed E-state index contributed by atoms with van der Waals surface area (Å²) in [5.74, 6) is 0. The van der Waals surface area contributed by atoms with Crippen LogP contribution in [0.15, 0.2) is 46.5 Å². The molecule has 2 nitrogen and oxygen atoms in total. The van der Waals surface area contributed by atoms with E-state index in [1.54, 1.807) is 18.0 Å². The molecule has 1 aromatic carbocycles. The summed E-state index contributed by atoms with van der Waals surface area (Å²) < 4.78 is 0. The molecule has 1 aromatic heterocycles. The minimum absolute atomic E-state index is 0.760. The third kappa shape index (κ3) is 2.70. The van der Waals surface area contributed by atoms with Gasteiger partial charge in [-0.05, 0) is 42.8 Å². The van der Waals surface area contributed by atoms with Gasteiger partial charge in [-0.2, -0.15) is 5.10 Å². The van der Waals surface area contributed by atoms with E-state index in [9.17, 15) is 0 Å². The van der Waals surface area contributed by atoms with Gasteiger partial charge < -0.3 is 0 Å². The van der Waals surface area contributed by atoms with Crippen molar-refractivity contribution in [3.63, 3.8) is 0 Å². The van der Waals surface area contributed by atoms with E-state index >= 15 is 0 Å². The first-order valence-electron chi connectivity index (χ1n) is 4.47. The van der Waals surface area contributed by atoms with Crippen LogP contribution in [0.1, 0.15) is 5.56 Å². The minimum atomic E-state index is 0.760. The molecule has 0 radical (unpaired) electrons. The standard InChI is InChI=1S/C11H9ClN2S/c1-8-7-9(12)4-5-10(8)15-11-3-2-6-13-14-11/h2-7H,1H3. The minimum Gasteiger partial charge on any atom is -0.158 e. The summed E-state index contributed by atoms with van der Waals surface area (Å²) in [7, 11) is 0.